The first-order valence-electron chi connectivity index (χ1n) is 7.75. The highest BCUT2D eigenvalue weighted by Crippen LogP contribution is 2.30. The molecule has 0 spiro atoms. The Morgan fingerprint density at radius 3 is 2.74 bits per heavy atom. The molecule has 1 aromatic carbocycles. The molecule has 5 nitrogen and oxygen atoms in total. The Labute approximate surface area is 137 Å². The number of carbonyl (C=O) groups excluding carboxylic acids is 1. The lowest BCUT2D eigenvalue weighted by molar-refractivity contribution is -0.128. The molecule has 0 saturated heterocycles. The smallest absolute Gasteiger partial charge is 0.247 e. The van der Waals surface area contributed by atoms with Gasteiger partial charge in [0.2, 0.25) is 5.91 Å². The Morgan fingerprint density at radius 1 is 1.43 bits per heavy atom. The normalized spacial score (nSPS) is 13.9. The van der Waals surface area contributed by atoms with Crippen LogP contribution in [0, 0.1) is 11.3 Å². The second-order valence-electron chi connectivity index (χ2n) is 5.76. The van der Waals surface area contributed by atoms with E-state index in [1.54, 1.807) is 31.4 Å². The van der Waals surface area contributed by atoms with E-state index in [9.17, 15) is 4.79 Å². The zero-order valence-electron chi connectivity index (χ0n) is 13.8. The molecule has 1 saturated carbocycles. The molecule has 0 aliphatic heterocycles. The van der Waals surface area contributed by atoms with E-state index < -0.39 is 0 Å². The van der Waals surface area contributed by atoms with Gasteiger partial charge >= 0.3 is 0 Å². The number of hydrogen-bond donors (Lipinski definition) is 0. The number of nitriles is 1. The molecule has 0 bridgehead atoms. The minimum absolute atomic E-state index is 0.0330. The standard InChI is InChI=1S/C18H22N2O3/c1-13(2)20(15-6-7-15)18(21)9-5-14-4-8-16(23-11-10-19)17(12-14)22-3/h4-5,8-9,12-13,15H,6-7,11H2,1-3H3/b9-5+. The van der Waals surface area contributed by atoms with E-state index in [2.05, 4.69) is 0 Å². The van der Waals surface area contributed by atoms with Gasteiger partial charge in [0.15, 0.2) is 18.1 Å². The third-order valence-corrected chi connectivity index (χ3v) is 3.65. The fourth-order valence-corrected chi connectivity index (χ4v) is 2.48. The van der Waals surface area contributed by atoms with Crippen LogP contribution in [0.5, 0.6) is 11.5 Å². The molecular formula is C18H22N2O3. The molecule has 23 heavy (non-hydrogen) atoms. The van der Waals surface area contributed by atoms with E-state index in [1.165, 1.54) is 0 Å². The minimum atomic E-state index is -0.0330. The van der Waals surface area contributed by atoms with Crippen LogP contribution in [0.2, 0.25) is 0 Å². The predicted molar refractivity (Wildman–Crippen MR) is 88.1 cm³/mol. The number of ether oxygens (including phenoxy) is 2. The third kappa shape index (κ3) is 4.49. The lowest BCUT2D eigenvalue weighted by atomic mass is 10.1. The first-order chi connectivity index (χ1) is 11.1. The Morgan fingerprint density at radius 2 is 2.17 bits per heavy atom. The largest absolute Gasteiger partial charge is 0.493 e. The molecule has 1 fully saturated rings. The highest BCUT2D eigenvalue weighted by molar-refractivity contribution is 5.92. The Bertz CT molecular complexity index is 626. The van der Waals surface area contributed by atoms with Crippen molar-refractivity contribution in [3.63, 3.8) is 0 Å². The summed E-state index contributed by atoms with van der Waals surface area (Å²) in [7, 11) is 1.54. The van der Waals surface area contributed by atoms with Gasteiger partial charge in [-0.25, -0.2) is 0 Å². The molecule has 2 rings (SSSR count). The van der Waals surface area contributed by atoms with Crippen molar-refractivity contribution in [2.24, 2.45) is 0 Å². The molecule has 0 atom stereocenters. The monoisotopic (exact) mass is 314 g/mol. The van der Waals surface area contributed by atoms with Crippen LogP contribution in [0.15, 0.2) is 24.3 Å². The summed E-state index contributed by atoms with van der Waals surface area (Å²) in [6, 6.07) is 7.87. The number of benzene rings is 1. The van der Waals surface area contributed by atoms with E-state index in [1.807, 2.05) is 30.9 Å². The van der Waals surface area contributed by atoms with Gasteiger partial charge < -0.3 is 14.4 Å². The van der Waals surface area contributed by atoms with Crippen molar-refractivity contribution in [3.05, 3.63) is 29.8 Å². The average molecular weight is 314 g/mol. The number of hydrogen-bond acceptors (Lipinski definition) is 4. The van der Waals surface area contributed by atoms with Gasteiger partial charge in [-0.3, -0.25) is 4.79 Å². The van der Waals surface area contributed by atoms with Gasteiger partial charge in [0.1, 0.15) is 6.07 Å². The third-order valence-electron chi connectivity index (χ3n) is 3.65. The molecule has 1 aliphatic rings. The molecule has 0 aromatic heterocycles. The van der Waals surface area contributed by atoms with Crippen molar-refractivity contribution >= 4 is 12.0 Å². The molecule has 5 heteroatoms. The molecule has 0 unspecified atom stereocenters. The van der Waals surface area contributed by atoms with E-state index in [0.717, 1.165) is 18.4 Å². The Kier molecular flexibility index (Phi) is 5.64. The molecule has 0 N–H and O–H groups in total. The first kappa shape index (κ1) is 16.9. The highest BCUT2D eigenvalue weighted by atomic mass is 16.5. The van der Waals surface area contributed by atoms with Crippen LogP contribution >= 0.6 is 0 Å². The van der Waals surface area contributed by atoms with E-state index in [-0.39, 0.29) is 18.6 Å². The maximum Gasteiger partial charge on any atom is 0.247 e. The molecule has 0 radical (unpaired) electrons. The summed E-state index contributed by atoms with van der Waals surface area (Å²) < 4.78 is 10.5. The number of methoxy groups -OCH3 is 1. The summed E-state index contributed by atoms with van der Waals surface area (Å²) in [4.78, 5) is 14.3. The fourth-order valence-electron chi connectivity index (χ4n) is 2.48. The van der Waals surface area contributed by atoms with Crippen LogP contribution in [0.25, 0.3) is 6.08 Å². The van der Waals surface area contributed by atoms with E-state index in [4.69, 9.17) is 14.7 Å². The topological polar surface area (TPSA) is 62.6 Å². The van der Waals surface area contributed by atoms with Gasteiger partial charge in [-0.15, -0.1) is 0 Å². The van der Waals surface area contributed by atoms with Crippen molar-refractivity contribution in [3.8, 4) is 17.6 Å². The molecule has 1 amide bonds. The summed E-state index contributed by atoms with van der Waals surface area (Å²) in [6.45, 7) is 4.04. The fraction of sp³-hybridized carbons (Fsp3) is 0.444. The summed E-state index contributed by atoms with van der Waals surface area (Å²) in [5, 5.41) is 8.57. The Balaban J connectivity index is 2.09. The lowest BCUT2D eigenvalue weighted by Crippen LogP contribution is -2.37. The Hall–Kier alpha value is -2.48. The van der Waals surface area contributed by atoms with Gasteiger partial charge in [0, 0.05) is 18.2 Å². The van der Waals surface area contributed by atoms with E-state index >= 15 is 0 Å². The SMILES string of the molecule is COc1cc(/C=C/C(=O)N(C(C)C)C2CC2)ccc1OCC#N. The van der Waals surface area contributed by atoms with Gasteiger partial charge in [0.25, 0.3) is 0 Å². The van der Waals surface area contributed by atoms with Crippen molar-refractivity contribution in [2.45, 2.75) is 38.8 Å². The molecule has 1 aliphatic carbocycles. The van der Waals surface area contributed by atoms with Crippen LogP contribution in [-0.2, 0) is 4.79 Å². The van der Waals surface area contributed by atoms with Crippen molar-refractivity contribution in [1.82, 2.24) is 4.90 Å². The first-order valence-corrected chi connectivity index (χ1v) is 7.75. The van der Waals surface area contributed by atoms with Crippen molar-refractivity contribution in [1.29, 1.82) is 5.26 Å². The molecule has 1 aromatic rings. The number of amides is 1. The second kappa shape index (κ2) is 7.68. The minimum Gasteiger partial charge on any atom is -0.493 e. The zero-order valence-corrected chi connectivity index (χ0v) is 13.8. The highest BCUT2D eigenvalue weighted by Gasteiger charge is 2.33. The zero-order chi connectivity index (χ0) is 16.8. The number of nitrogens with zero attached hydrogens (tertiary/aromatic N) is 2. The van der Waals surface area contributed by atoms with Gasteiger partial charge in [0.05, 0.1) is 7.11 Å². The van der Waals surface area contributed by atoms with E-state index in [0.29, 0.717) is 17.5 Å². The lowest BCUT2D eigenvalue weighted by Gasteiger charge is -2.25. The average Bonchev–Trinajstić information content (AvgIpc) is 3.35. The van der Waals surface area contributed by atoms with Gasteiger partial charge in [-0.05, 0) is 50.5 Å². The van der Waals surface area contributed by atoms with Crippen LogP contribution in [0.1, 0.15) is 32.3 Å². The van der Waals surface area contributed by atoms with Crippen LogP contribution in [0.3, 0.4) is 0 Å². The number of rotatable bonds is 7. The van der Waals surface area contributed by atoms with Gasteiger partial charge in [-0.1, -0.05) is 6.07 Å². The summed E-state index contributed by atoms with van der Waals surface area (Å²) in [5.41, 5.74) is 0.846. The maximum atomic E-state index is 12.3. The maximum absolute atomic E-state index is 12.3. The van der Waals surface area contributed by atoms with Crippen LogP contribution < -0.4 is 9.47 Å². The summed E-state index contributed by atoms with van der Waals surface area (Å²) in [6.07, 6.45) is 5.56. The quantitative estimate of drug-likeness (QED) is 0.726. The van der Waals surface area contributed by atoms with Gasteiger partial charge in [-0.2, -0.15) is 5.26 Å². The summed E-state index contributed by atoms with van der Waals surface area (Å²) >= 11 is 0. The summed E-state index contributed by atoms with van der Waals surface area (Å²) in [5.74, 6) is 1.09. The molecule has 0 heterocycles. The predicted octanol–water partition coefficient (Wildman–Crippen LogP) is 3.01. The van der Waals surface area contributed by atoms with Crippen molar-refractivity contribution < 1.29 is 14.3 Å². The number of carbonyl (C=O) groups is 1. The van der Waals surface area contributed by atoms with Crippen LogP contribution in [-0.4, -0.2) is 36.6 Å². The van der Waals surface area contributed by atoms with Crippen molar-refractivity contribution in [2.75, 3.05) is 13.7 Å². The molecular weight excluding hydrogens is 292 g/mol. The molecule has 122 valence electrons. The van der Waals surface area contributed by atoms with Crippen LogP contribution in [0.4, 0.5) is 0 Å². The second-order valence-corrected chi connectivity index (χ2v) is 5.76.